The summed E-state index contributed by atoms with van der Waals surface area (Å²) >= 11 is 0. The molecule has 0 aliphatic heterocycles. The predicted octanol–water partition coefficient (Wildman–Crippen LogP) is 6.15. The van der Waals surface area contributed by atoms with Crippen molar-refractivity contribution in [1.82, 2.24) is 0 Å². The summed E-state index contributed by atoms with van der Waals surface area (Å²) in [6.07, 6.45) is 7.19. The molecule has 0 spiro atoms. The predicted molar refractivity (Wildman–Crippen MR) is 134 cm³/mol. The van der Waals surface area contributed by atoms with Crippen LogP contribution >= 0.6 is 0 Å². The third-order valence-corrected chi connectivity index (χ3v) is 7.06. The van der Waals surface area contributed by atoms with Crippen molar-refractivity contribution in [2.24, 2.45) is 5.92 Å². The van der Waals surface area contributed by atoms with Gasteiger partial charge in [-0.3, -0.25) is 4.79 Å². The Hall–Kier alpha value is -3.05. The zero-order valence-corrected chi connectivity index (χ0v) is 19.8. The molecule has 34 heavy (non-hydrogen) atoms. The van der Waals surface area contributed by atoms with Crippen LogP contribution in [0.25, 0.3) is 21.9 Å². The van der Waals surface area contributed by atoms with Crippen LogP contribution in [0.1, 0.15) is 56.9 Å². The van der Waals surface area contributed by atoms with Crippen LogP contribution in [0.2, 0.25) is 0 Å². The van der Waals surface area contributed by atoms with Crippen LogP contribution in [0.4, 0.5) is 0 Å². The molecule has 0 unspecified atom stereocenters. The molecule has 3 aromatic rings. The third kappa shape index (κ3) is 5.71. The first-order valence-corrected chi connectivity index (χ1v) is 12.3. The summed E-state index contributed by atoms with van der Waals surface area (Å²) < 4.78 is 5.53. The number of carbonyl (C=O) groups is 1. The standard InChI is InChI=1S/C29H34O5/c1-34-29-27(33)15-11-21(10-14-26(32)18-25(31)12-6-19-4-2-3-5-19)28(29)22-8-7-20-9-13-24(30)17-23(20)16-22/h7-9,11,13,15-17,19,25,30-31,33H,2-6,10,12,14,18H2,1H3/t25-/m1/s1. The molecule has 1 fully saturated rings. The van der Waals surface area contributed by atoms with Crippen LogP contribution in [0, 0.1) is 5.92 Å². The summed E-state index contributed by atoms with van der Waals surface area (Å²) in [7, 11) is 1.51. The molecule has 0 amide bonds. The topological polar surface area (TPSA) is 87.0 Å². The van der Waals surface area contributed by atoms with Gasteiger partial charge in [0.25, 0.3) is 0 Å². The summed E-state index contributed by atoms with van der Waals surface area (Å²) in [6, 6.07) is 14.5. The number of methoxy groups -OCH3 is 1. The molecule has 3 aromatic carbocycles. The van der Waals surface area contributed by atoms with E-state index in [4.69, 9.17) is 4.74 Å². The van der Waals surface area contributed by atoms with Crippen molar-refractivity contribution in [3.05, 3.63) is 54.1 Å². The van der Waals surface area contributed by atoms with Crippen molar-refractivity contribution in [3.8, 4) is 28.4 Å². The zero-order chi connectivity index (χ0) is 24.1. The number of phenols is 2. The summed E-state index contributed by atoms with van der Waals surface area (Å²) in [5, 5.41) is 32.5. The van der Waals surface area contributed by atoms with Crippen molar-refractivity contribution in [3.63, 3.8) is 0 Å². The fourth-order valence-electron chi connectivity index (χ4n) is 5.20. The molecule has 0 saturated heterocycles. The van der Waals surface area contributed by atoms with Gasteiger partial charge in [-0.05, 0) is 71.3 Å². The number of carbonyl (C=O) groups excluding carboxylic acids is 1. The van der Waals surface area contributed by atoms with Gasteiger partial charge in [0, 0.05) is 18.4 Å². The van der Waals surface area contributed by atoms with Crippen molar-refractivity contribution in [2.45, 2.75) is 63.9 Å². The fraction of sp³-hybridized carbons (Fsp3) is 0.414. The van der Waals surface area contributed by atoms with Gasteiger partial charge in [0.1, 0.15) is 11.5 Å². The van der Waals surface area contributed by atoms with Gasteiger partial charge in [-0.2, -0.15) is 0 Å². The Kier molecular flexibility index (Phi) is 7.73. The van der Waals surface area contributed by atoms with Crippen LogP contribution in [0.5, 0.6) is 17.2 Å². The van der Waals surface area contributed by atoms with E-state index >= 15 is 0 Å². The minimum atomic E-state index is -0.574. The maximum atomic E-state index is 12.6. The number of fused-ring (bicyclic) bond motifs is 1. The SMILES string of the molecule is COc1c(O)ccc(CCC(=O)C[C@H](O)CCC2CCCC2)c1-c1ccc2ccc(O)cc2c1. The van der Waals surface area contributed by atoms with Gasteiger partial charge < -0.3 is 20.1 Å². The summed E-state index contributed by atoms with van der Waals surface area (Å²) in [6.45, 7) is 0. The first-order valence-electron chi connectivity index (χ1n) is 12.3. The highest BCUT2D eigenvalue weighted by atomic mass is 16.5. The van der Waals surface area contributed by atoms with E-state index in [0.717, 1.165) is 33.9 Å². The average molecular weight is 463 g/mol. The lowest BCUT2D eigenvalue weighted by Gasteiger charge is -2.17. The number of rotatable bonds is 10. The van der Waals surface area contributed by atoms with Gasteiger partial charge >= 0.3 is 0 Å². The lowest BCUT2D eigenvalue weighted by atomic mass is 9.92. The Bertz CT molecular complexity index is 1150. The first-order chi connectivity index (χ1) is 16.4. The number of aromatic hydroxyl groups is 2. The summed E-state index contributed by atoms with van der Waals surface area (Å²) in [5.74, 6) is 1.33. The normalized spacial score (nSPS) is 15.0. The quantitative estimate of drug-likeness (QED) is 0.336. The Labute approximate surface area is 201 Å². The van der Waals surface area contributed by atoms with Crippen LogP contribution in [-0.4, -0.2) is 34.3 Å². The second-order valence-electron chi connectivity index (χ2n) is 9.52. The zero-order valence-electron chi connectivity index (χ0n) is 19.8. The van der Waals surface area contributed by atoms with E-state index in [-0.39, 0.29) is 23.7 Å². The Morgan fingerprint density at radius 1 is 1.03 bits per heavy atom. The van der Waals surface area contributed by atoms with E-state index in [1.807, 2.05) is 30.3 Å². The number of aryl methyl sites for hydroxylation is 1. The first kappa shape index (κ1) is 24.1. The molecule has 1 aliphatic rings. The molecule has 5 nitrogen and oxygen atoms in total. The number of ether oxygens (including phenoxy) is 1. The number of aliphatic hydroxyl groups excluding tert-OH is 1. The van der Waals surface area contributed by atoms with Crippen LogP contribution in [0.3, 0.4) is 0 Å². The largest absolute Gasteiger partial charge is 0.508 e. The molecule has 180 valence electrons. The molecule has 1 atom stereocenters. The van der Waals surface area contributed by atoms with Crippen LogP contribution in [0.15, 0.2) is 48.5 Å². The number of hydrogen-bond acceptors (Lipinski definition) is 5. The molecule has 0 bridgehead atoms. The van der Waals surface area contributed by atoms with Gasteiger partial charge in [-0.15, -0.1) is 0 Å². The van der Waals surface area contributed by atoms with Gasteiger partial charge in [-0.1, -0.05) is 49.9 Å². The molecular weight excluding hydrogens is 428 g/mol. The molecule has 0 radical (unpaired) electrons. The van der Waals surface area contributed by atoms with E-state index in [1.165, 1.54) is 32.8 Å². The molecule has 0 heterocycles. The third-order valence-electron chi connectivity index (χ3n) is 7.06. The summed E-state index contributed by atoms with van der Waals surface area (Å²) in [4.78, 5) is 12.6. The van der Waals surface area contributed by atoms with Crippen LogP contribution < -0.4 is 4.74 Å². The van der Waals surface area contributed by atoms with Gasteiger partial charge in [-0.25, -0.2) is 0 Å². The molecular formula is C29H34O5. The number of Topliss-reactive ketones (excluding diaryl/α,β-unsaturated/α-hetero) is 1. The number of phenolic OH excluding ortho intramolecular Hbond substituents is 2. The molecule has 4 rings (SSSR count). The van der Waals surface area contributed by atoms with Crippen molar-refractivity contribution in [1.29, 1.82) is 0 Å². The minimum Gasteiger partial charge on any atom is -0.508 e. The van der Waals surface area contributed by atoms with Crippen molar-refractivity contribution in [2.75, 3.05) is 7.11 Å². The molecule has 5 heteroatoms. The van der Waals surface area contributed by atoms with Gasteiger partial charge in [0.2, 0.25) is 0 Å². The molecule has 1 saturated carbocycles. The van der Waals surface area contributed by atoms with Crippen LogP contribution in [-0.2, 0) is 11.2 Å². The minimum absolute atomic E-state index is 0.0333. The van der Waals surface area contributed by atoms with E-state index < -0.39 is 6.10 Å². The van der Waals surface area contributed by atoms with Crippen molar-refractivity contribution >= 4 is 16.6 Å². The maximum Gasteiger partial charge on any atom is 0.168 e. The van der Waals surface area contributed by atoms with E-state index in [0.29, 0.717) is 30.9 Å². The molecule has 1 aliphatic carbocycles. The van der Waals surface area contributed by atoms with E-state index in [1.54, 1.807) is 18.2 Å². The smallest absolute Gasteiger partial charge is 0.168 e. The second kappa shape index (κ2) is 10.9. The Morgan fingerprint density at radius 3 is 2.56 bits per heavy atom. The lowest BCUT2D eigenvalue weighted by molar-refractivity contribution is -0.121. The maximum absolute atomic E-state index is 12.6. The number of hydrogen-bond donors (Lipinski definition) is 3. The molecule has 3 N–H and O–H groups in total. The Morgan fingerprint density at radius 2 is 1.79 bits per heavy atom. The average Bonchev–Trinajstić information content (AvgIpc) is 3.35. The van der Waals surface area contributed by atoms with Gasteiger partial charge in [0.05, 0.1) is 13.2 Å². The second-order valence-corrected chi connectivity index (χ2v) is 9.52. The number of benzene rings is 3. The fourth-order valence-corrected chi connectivity index (χ4v) is 5.20. The highest BCUT2D eigenvalue weighted by Gasteiger charge is 2.20. The Balaban J connectivity index is 1.49. The monoisotopic (exact) mass is 462 g/mol. The number of aliphatic hydroxyl groups is 1. The highest BCUT2D eigenvalue weighted by molar-refractivity contribution is 5.90. The van der Waals surface area contributed by atoms with E-state index in [9.17, 15) is 20.1 Å². The van der Waals surface area contributed by atoms with Gasteiger partial charge in [0.15, 0.2) is 11.5 Å². The lowest BCUT2D eigenvalue weighted by Crippen LogP contribution is -2.15. The number of ketones is 1. The highest BCUT2D eigenvalue weighted by Crippen LogP contribution is 2.41. The summed E-state index contributed by atoms with van der Waals surface area (Å²) in [5.41, 5.74) is 2.47. The van der Waals surface area contributed by atoms with E-state index in [2.05, 4.69) is 0 Å². The van der Waals surface area contributed by atoms with Crippen molar-refractivity contribution < 1.29 is 24.9 Å². The molecule has 0 aromatic heterocycles.